The summed E-state index contributed by atoms with van der Waals surface area (Å²) >= 11 is 0. The first-order valence-corrected chi connectivity index (χ1v) is 5.87. The highest BCUT2D eigenvalue weighted by Gasteiger charge is 2.01. The highest BCUT2D eigenvalue weighted by Crippen LogP contribution is 2.04. The van der Waals surface area contributed by atoms with Crippen LogP contribution in [0.4, 0.5) is 0 Å². The van der Waals surface area contributed by atoms with Crippen LogP contribution in [-0.4, -0.2) is 17.6 Å². The second-order valence-electron chi connectivity index (χ2n) is 4.20. The molecule has 1 N–H and O–H groups in total. The van der Waals surface area contributed by atoms with E-state index in [-0.39, 0.29) is 0 Å². The molecule has 0 bridgehead atoms. The van der Waals surface area contributed by atoms with E-state index in [4.69, 9.17) is 0 Å². The Hall–Kier alpha value is -0.890. The van der Waals surface area contributed by atoms with Crippen molar-refractivity contribution in [3.63, 3.8) is 0 Å². The van der Waals surface area contributed by atoms with Gasteiger partial charge in [0.15, 0.2) is 0 Å². The van der Waals surface area contributed by atoms with Gasteiger partial charge in [-0.3, -0.25) is 4.98 Å². The monoisotopic (exact) mass is 206 g/mol. The van der Waals surface area contributed by atoms with Crippen molar-refractivity contribution in [3.05, 3.63) is 29.6 Å². The van der Waals surface area contributed by atoms with Crippen molar-refractivity contribution in [1.29, 1.82) is 0 Å². The molecule has 0 aliphatic carbocycles. The topological polar surface area (TPSA) is 24.9 Å². The van der Waals surface area contributed by atoms with Gasteiger partial charge in [0.25, 0.3) is 0 Å². The molecule has 0 amide bonds. The third kappa shape index (κ3) is 4.93. The summed E-state index contributed by atoms with van der Waals surface area (Å²) in [5, 5.41) is 3.49. The van der Waals surface area contributed by atoms with Crippen LogP contribution in [-0.2, 0) is 6.42 Å². The van der Waals surface area contributed by atoms with Gasteiger partial charge >= 0.3 is 0 Å². The molecule has 0 saturated carbocycles. The molecule has 0 fully saturated rings. The van der Waals surface area contributed by atoms with Gasteiger partial charge in [-0.25, -0.2) is 0 Å². The van der Waals surface area contributed by atoms with E-state index in [1.165, 1.54) is 18.4 Å². The maximum Gasteiger partial charge on any atom is 0.0372 e. The van der Waals surface area contributed by atoms with Crippen LogP contribution >= 0.6 is 0 Å². The van der Waals surface area contributed by atoms with Crippen molar-refractivity contribution >= 4 is 0 Å². The molecule has 84 valence electrons. The second kappa shape index (κ2) is 6.57. The first kappa shape index (κ1) is 12.2. The molecule has 0 spiro atoms. The lowest BCUT2D eigenvalue weighted by atomic mass is 10.1. The number of pyridine rings is 1. The lowest BCUT2D eigenvalue weighted by Crippen LogP contribution is -2.27. The second-order valence-corrected chi connectivity index (χ2v) is 4.20. The predicted molar refractivity (Wildman–Crippen MR) is 65.1 cm³/mol. The van der Waals surface area contributed by atoms with Crippen LogP contribution < -0.4 is 5.32 Å². The molecule has 0 radical (unpaired) electrons. The molecule has 0 aromatic carbocycles. The Morgan fingerprint density at radius 1 is 1.40 bits per heavy atom. The average molecular weight is 206 g/mol. The number of hydrogen-bond acceptors (Lipinski definition) is 2. The number of nitrogens with zero attached hydrogens (tertiary/aromatic N) is 1. The Balaban J connectivity index is 2.27. The maximum atomic E-state index is 4.30. The fourth-order valence-electron chi connectivity index (χ4n) is 1.52. The zero-order valence-corrected chi connectivity index (χ0v) is 10.1. The Bertz CT molecular complexity index is 266. The van der Waals surface area contributed by atoms with Gasteiger partial charge in [-0.05, 0) is 51.3 Å². The standard InChI is InChI=1S/C13H22N2/c1-4-9-14-11(2)5-7-13-8-6-12(3)15-10-13/h6,8,10-11,14H,4-5,7,9H2,1-3H3. The third-order valence-electron chi connectivity index (χ3n) is 2.58. The number of hydrogen-bond donors (Lipinski definition) is 1. The van der Waals surface area contributed by atoms with E-state index in [0.717, 1.165) is 18.7 Å². The van der Waals surface area contributed by atoms with E-state index in [1.54, 1.807) is 0 Å². The van der Waals surface area contributed by atoms with Crippen LogP contribution in [0.3, 0.4) is 0 Å². The highest BCUT2D eigenvalue weighted by molar-refractivity contribution is 5.13. The molecule has 0 aliphatic rings. The predicted octanol–water partition coefficient (Wildman–Crippen LogP) is 2.71. The smallest absolute Gasteiger partial charge is 0.0372 e. The van der Waals surface area contributed by atoms with Gasteiger partial charge in [0, 0.05) is 17.9 Å². The Labute approximate surface area is 93.1 Å². The minimum atomic E-state index is 0.603. The number of aromatic nitrogens is 1. The van der Waals surface area contributed by atoms with E-state index in [1.807, 2.05) is 13.1 Å². The lowest BCUT2D eigenvalue weighted by Gasteiger charge is -2.12. The molecule has 1 atom stereocenters. The van der Waals surface area contributed by atoms with Crippen molar-refractivity contribution in [2.24, 2.45) is 0 Å². The zero-order valence-electron chi connectivity index (χ0n) is 10.1. The highest BCUT2D eigenvalue weighted by atomic mass is 14.9. The fraction of sp³-hybridized carbons (Fsp3) is 0.615. The first-order valence-electron chi connectivity index (χ1n) is 5.87. The van der Waals surface area contributed by atoms with Crippen LogP contribution in [0.15, 0.2) is 18.3 Å². The quantitative estimate of drug-likeness (QED) is 0.774. The van der Waals surface area contributed by atoms with E-state index in [0.29, 0.717) is 6.04 Å². The van der Waals surface area contributed by atoms with Gasteiger partial charge < -0.3 is 5.32 Å². The summed E-state index contributed by atoms with van der Waals surface area (Å²) in [6.07, 6.45) is 5.49. The zero-order chi connectivity index (χ0) is 11.1. The Morgan fingerprint density at radius 2 is 2.20 bits per heavy atom. The fourth-order valence-corrected chi connectivity index (χ4v) is 1.52. The molecule has 0 saturated heterocycles. The summed E-state index contributed by atoms with van der Waals surface area (Å²) in [5.41, 5.74) is 2.43. The van der Waals surface area contributed by atoms with Gasteiger partial charge in [-0.15, -0.1) is 0 Å². The average Bonchev–Trinajstić information content (AvgIpc) is 2.25. The lowest BCUT2D eigenvalue weighted by molar-refractivity contribution is 0.513. The van der Waals surface area contributed by atoms with Crippen LogP contribution in [0.5, 0.6) is 0 Å². The SMILES string of the molecule is CCCNC(C)CCc1ccc(C)nc1. The van der Waals surface area contributed by atoms with Gasteiger partial charge in [0.05, 0.1) is 0 Å². The molecule has 0 aliphatic heterocycles. The minimum absolute atomic E-state index is 0.603. The van der Waals surface area contributed by atoms with Crippen LogP contribution in [0, 0.1) is 6.92 Å². The summed E-state index contributed by atoms with van der Waals surface area (Å²) in [6, 6.07) is 4.86. The summed E-state index contributed by atoms with van der Waals surface area (Å²) < 4.78 is 0. The molecular formula is C13H22N2. The summed E-state index contributed by atoms with van der Waals surface area (Å²) in [6.45, 7) is 7.59. The van der Waals surface area contributed by atoms with Gasteiger partial charge in [-0.2, -0.15) is 0 Å². The van der Waals surface area contributed by atoms with Crippen LogP contribution in [0.25, 0.3) is 0 Å². The van der Waals surface area contributed by atoms with Crippen molar-refractivity contribution in [2.45, 2.75) is 46.1 Å². The normalized spacial score (nSPS) is 12.7. The van der Waals surface area contributed by atoms with E-state index in [2.05, 4.69) is 36.3 Å². The molecule has 2 nitrogen and oxygen atoms in total. The van der Waals surface area contributed by atoms with Gasteiger partial charge in [-0.1, -0.05) is 13.0 Å². The molecule has 15 heavy (non-hydrogen) atoms. The molecule has 1 aromatic rings. The van der Waals surface area contributed by atoms with E-state index >= 15 is 0 Å². The van der Waals surface area contributed by atoms with E-state index < -0.39 is 0 Å². The molecular weight excluding hydrogens is 184 g/mol. The molecule has 1 heterocycles. The third-order valence-corrected chi connectivity index (χ3v) is 2.58. The van der Waals surface area contributed by atoms with Crippen LogP contribution in [0.1, 0.15) is 37.9 Å². The minimum Gasteiger partial charge on any atom is -0.314 e. The van der Waals surface area contributed by atoms with Crippen molar-refractivity contribution in [3.8, 4) is 0 Å². The molecule has 1 rings (SSSR count). The summed E-state index contributed by atoms with van der Waals surface area (Å²) in [4.78, 5) is 4.30. The number of rotatable bonds is 6. The van der Waals surface area contributed by atoms with Crippen LogP contribution in [0.2, 0.25) is 0 Å². The van der Waals surface area contributed by atoms with Crippen molar-refractivity contribution in [2.75, 3.05) is 6.54 Å². The molecule has 1 aromatic heterocycles. The first-order chi connectivity index (χ1) is 7.22. The van der Waals surface area contributed by atoms with Crippen molar-refractivity contribution < 1.29 is 0 Å². The van der Waals surface area contributed by atoms with Gasteiger partial charge in [0.1, 0.15) is 0 Å². The van der Waals surface area contributed by atoms with Crippen molar-refractivity contribution in [1.82, 2.24) is 10.3 Å². The Kier molecular flexibility index (Phi) is 5.33. The largest absolute Gasteiger partial charge is 0.314 e. The summed E-state index contributed by atoms with van der Waals surface area (Å²) in [7, 11) is 0. The molecule has 1 unspecified atom stereocenters. The Morgan fingerprint density at radius 3 is 2.80 bits per heavy atom. The number of aryl methyl sites for hydroxylation is 2. The van der Waals surface area contributed by atoms with Gasteiger partial charge in [0.2, 0.25) is 0 Å². The summed E-state index contributed by atoms with van der Waals surface area (Å²) in [5.74, 6) is 0. The maximum absolute atomic E-state index is 4.30. The number of nitrogens with one attached hydrogen (secondary N) is 1. The van der Waals surface area contributed by atoms with E-state index in [9.17, 15) is 0 Å². The molecule has 2 heteroatoms.